The van der Waals surface area contributed by atoms with Crippen LogP contribution in [0.15, 0.2) is 36.5 Å². The topological polar surface area (TPSA) is 41.4 Å². The van der Waals surface area contributed by atoms with E-state index in [2.05, 4.69) is 48.1 Å². The molecule has 0 saturated carbocycles. The fourth-order valence-electron chi connectivity index (χ4n) is 3.08. The zero-order valence-corrected chi connectivity index (χ0v) is 14.1. The number of aromatic nitrogens is 2. The summed E-state index contributed by atoms with van der Waals surface area (Å²) in [6.45, 7) is 9.38. The molecule has 1 atom stereocenters. The molecule has 122 valence electrons. The molecule has 1 aromatic carbocycles. The first-order chi connectivity index (χ1) is 11.1. The van der Waals surface area contributed by atoms with Crippen molar-refractivity contribution in [2.45, 2.75) is 33.4 Å². The van der Waals surface area contributed by atoms with E-state index in [9.17, 15) is 4.79 Å². The van der Waals surface area contributed by atoms with Gasteiger partial charge in [-0.15, -0.1) is 0 Å². The van der Waals surface area contributed by atoms with E-state index in [0.717, 1.165) is 26.2 Å². The second-order valence-corrected chi connectivity index (χ2v) is 6.19. The summed E-state index contributed by atoms with van der Waals surface area (Å²) in [6.07, 6.45) is 1.86. The molecule has 5 heteroatoms. The summed E-state index contributed by atoms with van der Waals surface area (Å²) in [5, 5.41) is 4.33. The molecule has 1 aliphatic heterocycles. The molecule has 0 radical (unpaired) electrons. The van der Waals surface area contributed by atoms with Gasteiger partial charge in [-0.05, 0) is 39.0 Å². The molecule has 3 rings (SSSR count). The maximum Gasteiger partial charge on any atom is 0.274 e. The Morgan fingerprint density at radius 1 is 1.22 bits per heavy atom. The minimum Gasteiger partial charge on any atom is -0.365 e. The standard InChI is InChI=1S/C18H24N4O/c1-4-21-10-9-17(19-21)18(23)20-11-12-22(15(3)13-20)16-7-5-14(2)6-8-16/h5-10,15H,4,11-13H2,1-3H3/t15-/m0/s1. The molecule has 1 aromatic heterocycles. The molecule has 0 bridgehead atoms. The molecule has 0 unspecified atom stereocenters. The molecule has 1 fully saturated rings. The van der Waals surface area contributed by atoms with Crippen LogP contribution in [0.1, 0.15) is 29.9 Å². The maximum absolute atomic E-state index is 12.6. The second kappa shape index (κ2) is 6.44. The van der Waals surface area contributed by atoms with Crippen molar-refractivity contribution in [3.63, 3.8) is 0 Å². The number of piperazine rings is 1. The Hall–Kier alpha value is -2.30. The highest BCUT2D eigenvalue weighted by atomic mass is 16.2. The molecular formula is C18H24N4O. The Balaban J connectivity index is 1.68. The van der Waals surface area contributed by atoms with Gasteiger partial charge in [0.15, 0.2) is 0 Å². The molecule has 0 spiro atoms. The molecule has 1 amide bonds. The van der Waals surface area contributed by atoms with Crippen LogP contribution >= 0.6 is 0 Å². The number of benzene rings is 1. The van der Waals surface area contributed by atoms with Crippen LogP contribution in [0.2, 0.25) is 0 Å². The fourth-order valence-corrected chi connectivity index (χ4v) is 3.08. The van der Waals surface area contributed by atoms with Crippen LogP contribution in [0.5, 0.6) is 0 Å². The van der Waals surface area contributed by atoms with Crippen molar-refractivity contribution < 1.29 is 4.79 Å². The summed E-state index contributed by atoms with van der Waals surface area (Å²) in [6, 6.07) is 10.7. The number of hydrogen-bond donors (Lipinski definition) is 0. The van der Waals surface area contributed by atoms with Gasteiger partial charge in [-0.2, -0.15) is 5.10 Å². The summed E-state index contributed by atoms with van der Waals surface area (Å²) < 4.78 is 1.79. The number of anilines is 1. The third-order valence-corrected chi connectivity index (χ3v) is 4.46. The zero-order chi connectivity index (χ0) is 16.4. The lowest BCUT2D eigenvalue weighted by Crippen LogP contribution is -2.53. The number of hydrogen-bond acceptors (Lipinski definition) is 3. The lowest BCUT2D eigenvalue weighted by Gasteiger charge is -2.41. The number of rotatable bonds is 3. The number of nitrogens with zero attached hydrogens (tertiary/aromatic N) is 4. The number of carbonyl (C=O) groups excluding carboxylic acids is 1. The Morgan fingerprint density at radius 2 is 1.96 bits per heavy atom. The van der Waals surface area contributed by atoms with E-state index in [0.29, 0.717) is 11.7 Å². The summed E-state index contributed by atoms with van der Waals surface area (Å²) in [5.74, 6) is 0.0348. The van der Waals surface area contributed by atoms with Crippen molar-refractivity contribution in [1.82, 2.24) is 14.7 Å². The van der Waals surface area contributed by atoms with E-state index >= 15 is 0 Å². The minimum absolute atomic E-state index is 0.0348. The van der Waals surface area contributed by atoms with Gasteiger partial charge >= 0.3 is 0 Å². The Labute approximate surface area is 137 Å². The van der Waals surface area contributed by atoms with E-state index in [-0.39, 0.29) is 5.91 Å². The number of carbonyl (C=O) groups is 1. The molecule has 2 heterocycles. The van der Waals surface area contributed by atoms with Gasteiger partial charge in [0.25, 0.3) is 5.91 Å². The van der Waals surface area contributed by atoms with Crippen LogP contribution in [0.3, 0.4) is 0 Å². The highest BCUT2D eigenvalue weighted by Gasteiger charge is 2.28. The van der Waals surface area contributed by atoms with Crippen LogP contribution in [-0.4, -0.2) is 46.3 Å². The van der Waals surface area contributed by atoms with E-state index in [4.69, 9.17) is 0 Å². The lowest BCUT2D eigenvalue weighted by molar-refractivity contribution is 0.0719. The van der Waals surface area contributed by atoms with Gasteiger partial charge in [0.05, 0.1) is 0 Å². The van der Waals surface area contributed by atoms with Crippen LogP contribution in [0, 0.1) is 6.92 Å². The highest BCUT2D eigenvalue weighted by Crippen LogP contribution is 2.21. The first kappa shape index (κ1) is 15.6. The zero-order valence-electron chi connectivity index (χ0n) is 14.1. The van der Waals surface area contributed by atoms with Crippen molar-refractivity contribution in [3.8, 4) is 0 Å². The predicted molar refractivity (Wildman–Crippen MR) is 91.8 cm³/mol. The normalized spacial score (nSPS) is 18.3. The molecule has 5 nitrogen and oxygen atoms in total. The van der Waals surface area contributed by atoms with Crippen molar-refractivity contribution in [3.05, 3.63) is 47.8 Å². The van der Waals surface area contributed by atoms with Crippen LogP contribution in [0.25, 0.3) is 0 Å². The Kier molecular flexibility index (Phi) is 4.37. The minimum atomic E-state index is 0.0348. The molecule has 1 saturated heterocycles. The predicted octanol–water partition coefficient (Wildman–Crippen LogP) is 2.56. The molecule has 2 aromatic rings. The Bertz CT molecular complexity index is 677. The first-order valence-electron chi connectivity index (χ1n) is 8.24. The van der Waals surface area contributed by atoms with E-state index in [1.54, 1.807) is 4.68 Å². The third-order valence-electron chi connectivity index (χ3n) is 4.46. The smallest absolute Gasteiger partial charge is 0.274 e. The molecule has 1 aliphatic rings. The van der Waals surface area contributed by atoms with Crippen LogP contribution < -0.4 is 4.90 Å². The summed E-state index contributed by atoms with van der Waals surface area (Å²) >= 11 is 0. The first-order valence-corrected chi connectivity index (χ1v) is 8.24. The maximum atomic E-state index is 12.6. The van der Waals surface area contributed by atoms with Gasteiger partial charge in [-0.25, -0.2) is 0 Å². The monoisotopic (exact) mass is 312 g/mol. The van der Waals surface area contributed by atoms with Gasteiger partial charge in [-0.3, -0.25) is 9.48 Å². The van der Waals surface area contributed by atoms with Gasteiger partial charge in [0.2, 0.25) is 0 Å². The Morgan fingerprint density at radius 3 is 2.57 bits per heavy atom. The average molecular weight is 312 g/mol. The lowest BCUT2D eigenvalue weighted by atomic mass is 10.1. The second-order valence-electron chi connectivity index (χ2n) is 6.19. The fraction of sp³-hybridized carbons (Fsp3) is 0.444. The van der Waals surface area contributed by atoms with E-state index in [1.165, 1.54) is 11.3 Å². The summed E-state index contributed by atoms with van der Waals surface area (Å²) in [4.78, 5) is 16.9. The van der Waals surface area contributed by atoms with E-state index < -0.39 is 0 Å². The van der Waals surface area contributed by atoms with Gasteiger partial charge in [0.1, 0.15) is 5.69 Å². The largest absolute Gasteiger partial charge is 0.365 e. The molecule has 0 aliphatic carbocycles. The quantitative estimate of drug-likeness (QED) is 0.874. The van der Waals surface area contributed by atoms with Crippen LogP contribution in [-0.2, 0) is 6.54 Å². The van der Waals surface area contributed by atoms with Gasteiger partial charge in [0, 0.05) is 44.1 Å². The van der Waals surface area contributed by atoms with E-state index in [1.807, 2.05) is 24.1 Å². The van der Waals surface area contributed by atoms with Crippen molar-refractivity contribution in [2.24, 2.45) is 0 Å². The van der Waals surface area contributed by atoms with Crippen molar-refractivity contribution >= 4 is 11.6 Å². The SMILES string of the molecule is CCn1ccc(C(=O)N2CCN(c3ccc(C)cc3)[C@@H](C)C2)n1. The van der Waals surface area contributed by atoms with Crippen molar-refractivity contribution in [2.75, 3.05) is 24.5 Å². The molecular weight excluding hydrogens is 288 g/mol. The van der Waals surface area contributed by atoms with Crippen molar-refractivity contribution in [1.29, 1.82) is 0 Å². The summed E-state index contributed by atoms with van der Waals surface area (Å²) in [7, 11) is 0. The third kappa shape index (κ3) is 3.23. The van der Waals surface area contributed by atoms with Gasteiger partial charge < -0.3 is 9.80 Å². The molecule has 23 heavy (non-hydrogen) atoms. The number of amides is 1. The number of aryl methyl sites for hydroxylation is 2. The van der Waals surface area contributed by atoms with Crippen LogP contribution in [0.4, 0.5) is 5.69 Å². The van der Waals surface area contributed by atoms with Gasteiger partial charge in [-0.1, -0.05) is 17.7 Å². The summed E-state index contributed by atoms with van der Waals surface area (Å²) in [5.41, 5.74) is 3.04. The molecule has 0 N–H and O–H groups in total. The highest BCUT2D eigenvalue weighted by molar-refractivity contribution is 5.92. The average Bonchev–Trinajstić information content (AvgIpc) is 3.04.